The third kappa shape index (κ3) is 3.54. The molecule has 9 heteroatoms. The minimum Gasteiger partial charge on any atom is -0.333 e. The molecule has 2 N–H and O–H groups in total. The smallest absolute Gasteiger partial charge is 0.272 e. The number of nitrogens with zero attached hydrogens (tertiary/aromatic N) is 3. The number of H-pyrrole nitrogens is 1. The molecule has 0 aliphatic carbocycles. The molecule has 0 saturated heterocycles. The Morgan fingerprint density at radius 2 is 2.04 bits per heavy atom. The SMILES string of the molecule is O=C(c1ccn[nH]1)N1CCc2cc(S(=O)(=O)Nc3cccnc3)ccc2C1. The normalized spacial score (nSPS) is 13.9. The first kappa shape index (κ1) is 17.2. The first-order valence-electron chi connectivity index (χ1n) is 8.36. The van der Waals surface area contributed by atoms with Crippen LogP contribution in [0.2, 0.25) is 0 Å². The lowest BCUT2D eigenvalue weighted by molar-refractivity contribution is 0.0728. The minimum atomic E-state index is -3.70. The molecule has 4 rings (SSSR count). The summed E-state index contributed by atoms with van der Waals surface area (Å²) in [6.07, 6.45) is 5.16. The van der Waals surface area contributed by atoms with Crippen LogP contribution in [0.4, 0.5) is 5.69 Å². The lowest BCUT2D eigenvalue weighted by atomic mass is 9.99. The van der Waals surface area contributed by atoms with Crippen LogP contribution in [-0.4, -0.2) is 41.0 Å². The molecule has 0 fully saturated rings. The topological polar surface area (TPSA) is 108 Å². The lowest BCUT2D eigenvalue weighted by Gasteiger charge is -2.28. The van der Waals surface area contributed by atoms with E-state index in [9.17, 15) is 13.2 Å². The molecule has 8 nitrogen and oxygen atoms in total. The van der Waals surface area contributed by atoms with Crippen molar-refractivity contribution in [2.75, 3.05) is 11.3 Å². The van der Waals surface area contributed by atoms with Crippen LogP contribution >= 0.6 is 0 Å². The van der Waals surface area contributed by atoms with Crippen molar-refractivity contribution in [3.8, 4) is 0 Å². The van der Waals surface area contributed by atoms with Gasteiger partial charge >= 0.3 is 0 Å². The Labute approximate surface area is 156 Å². The summed E-state index contributed by atoms with van der Waals surface area (Å²) >= 11 is 0. The molecule has 3 heterocycles. The number of hydrogen-bond donors (Lipinski definition) is 2. The molecule has 138 valence electrons. The van der Waals surface area contributed by atoms with E-state index in [1.165, 1.54) is 12.4 Å². The lowest BCUT2D eigenvalue weighted by Crippen LogP contribution is -2.36. The van der Waals surface area contributed by atoms with Crippen LogP contribution < -0.4 is 4.72 Å². The van der Waals surface area contributed by atoms with Gasteiger partial charge in [-0.2, -0.15) is 5.10 Å². The number of nitrogens with one attached hydrogen (secondary N) is 2. The first-order chi connectivity index (χ1) is 13.0. The monoisotopic (exact) mass is 383 g/mol. The van der Waals surface area contributed by atoms with Crippen LogP contribution in [-0.2, 0) is 23.0 Å². The van der Waals surface area contributed by atoms with Gasteiger partial charge < -0.3 is 4.90 Å². The molecule has 1 aliphatic heterocycles. The highest BCUT2D eigenvalue weighted by Crippen LogP contribution is 2.24. The van der Waals surface area contributed by atoms with Crippen molar-refractivity contribution < 1.29 is 13.2 Å². The Morgan fingerprint density at radius 3 is 2.78 bits per heavy atom. The fourth-order valence-electron chi connectivity index (χ4n) is 3.05. The molecule has 0 bridgehead atoms. The van der Waals surface area contributed by atoms with E-state index in [-0.39, 0.29) is 10.8 Å². The van der Waals surface area contributed by atoms with Gasteiger partial charge in [0.2, 0.25) is 0 Å². The van der Waals surface area contributed by atoms with E-state index in [0.29, 0.717) is 30.9 Å². The molecular formula is C18H17N5O3S. The summed E-state index contributed by atoms with van der Waals surface area (Å²) in [5.41, 5.74) is 2.72. The van der Waals surface area contributed by atoms with E-state index in [0.717, 1.165) is 11.1 Å². The maximum absolute atomic E-state index is 12.6. The number of amides is 1. The number of anilines is 1. The number of rotatable bonds is 4. The van der Waals surface area contributed by atoms with Gasteiger partial charge in [-0.1, -0.05) is 6.07 Å². The average molecular weight is 383 g/mol. The highest BCUT2D eigenvalue weighted by atomic mass is 32.2. The van der Waals surface area contributed by atoms with Crippen molar-refractivity contribution >= 4 is 21.6 Å². The summed E-state index contributed by atoms with van der Waals surface area (Å²) in [4.78, 5) is 18.3. The standard InChI is InChI=1S/C18H17N5O3S/c24-18(17-5-8-20-21-17)23-9-6-13-10-16(4-3-14(13)12-23)27(25,26)22-15-2-1-7-19-11-15/h1-5,7-8,10-11,22H,6,9,12H2,(H,20,21). The van der Waals surface area contributed by atoms with E-state index in [4.69, 9.17) is 0 Å². The number of fused-ring (bicyclic) bond motifs is 1. The van der Waals surface area contributed by atoms with Crippen LogP contribution in [0.15, 0.2) is 59.9 Å². The van der Waals surface area contributed by atoms with Gasteiger partial charge in [0.05, 0.1) is 16.8 Å². The number of aromatic nitrogens is 3. The molecule has 0 spiro atoms. The predicted octanol–water partition coefficient (Wildman–Crippen LogP) is 1.80. The summed E-state index contributed by atoms with van der Waals surface area (Å²) in [7, 11) is -3.70. The third-order valence-electron chi connectivity index (χ3n) is 4.43. The van der Waals surface area contributed by atoms with Crippen LogP contribution in [0, 0.1) is 0 Å². The van der Waals surface area contributed by atoms with Crippen LogP contribution in [0.25, 0.3) is 0 Å². The molecule has 1 aliphatic rings. The van der Waals surface area contributed by atoms with Crippen molar-refractivity contribution in [3.05, 3.63) is 71.8 Å². The Morgan fingerprint density at radius 1 is 1.15 bits per heavy atom. The first-order valence-corrected chi connectivity index (χ1v) is 9.84. The maximum Gasteiger partial charge on any atom is 0.272 e. The third-order valence-corrected chi connectivity index (χ3v) is 5.81. The van der Waals surface area contributed by atoms with Crippen molar-refractivity contribution in [2.45, 2.75) is 17.9 Å². The van der Waals surface area contributed by atoms with E-state index in [2.05, 4.69) is 19.9 Å². The van der Waals surface area contributed by atoms with Crippen LogP contribution in [0.3, 0.4) is 0 Å². The van der Waals surface area contributed by atoms with E-state index in [1.54, 1.807) is 47.5 Å². The summed E-state index contributed by atoms with van der Waals surface area (Å²) in [5.74, 6) is -0.118. The van der Waals surface area contributed by atoms with Gasteiger partial charge in [0.25, 0.3) is 15.9 Å². The number of pyridine rings is 1. The molecular weight excluding hydrogens is 366 g/mol. The molecule has 0 atom stereocenters. The second kappa shape index (κ2) is 6.84. The number of carbonyl (C=O) groups excluding carboxylic acids is 1. The number of carbonyl (C=O) groups is 1. The van der Waals surface area contributed by atoms with Crippen molar-refractivity contribution in [2.24, 2.45) is 0 Å². The molecule has 2 aromatic heterocycles. The molecule has 0 saturated carbocycles. The number of sulfonamides is 1. The van der Waals surface area contributed by atoms with Gasteiger partial charge in [-0.25, -0.2) is 8.42 Å². The van der Waals surface area contributed by atoms with Crippen LogP contribution in [0.1, 0.15) is 21.6 Å². The maximum atomic E-state index is 12.6. The Balaban J connectivity index is 1.54. The summed E-state index contributed by atoms with van der Waals surface area (Å²) < 4.78 is 27.7. The molecule has 1 aromatic carbocycles. The fraction of sp³-hybridized carbons (Fsp3) is 0.167. The summed E-state index contributed by atoms with van der Waals surface area (Å²) in [5, 5.41) is 6.48. The number of aromatic amines is 1. The summed E-state index contributed by atoms with van der Waals surface area (Å²) in [6, 6.07) is 9.93. The van der Waals surface area contributed by atoms with E-state index in [1.807, 2.05) is 0 Å². The van der Waals surface area contributed by atoms with Gasteiger partial charge in [-0.15, -0.1) is 0 Å². The van der Waals surface area contributed by atoms with Gasteiger partial charge in [0.1, 0.15) is 5.69 Å². The van der Waals surface area contributed by atoms with Crippen LogP contribution in [0.5, 0.6) is 0 Å². The largest absolute Gasteiger partial charge is 0.333 e. The zero-order valence-electron chi connectivity index (χ0n) is 14.3. The molecule has 27 heavy (non-hydrogen) atoms. The molecule has 0 radical (unpaired) electrons. The Bertz CT molecular complexity index is 1070. The van der Waals surface area contributed by atoms with Gasteiger partial charge in [0.15, 0.2) is 0 Å². The average Bonchev–Trinajstić information content (AvgIpc) is 3.22. The minimum absolute atomic E-state index is 0.118. The zero-order valence-corrected chi connectivity index (χ0v) is 15.1. The van der Waals surface area contributed by atoms with E-state index >= 15 is 0 Å². The van der Waals surface area contributed by atoms with Crippen molar-refractivity contribution in [1.82, 2.24) is 20.1 Å². The summed E-state index contributed by atoms with van der Waals surface area (Å²) in [6.45, 7) is 0.952. The molecule has 1 amide bonds. The van der Waals surface area contributed by atoms with Gasteiger partial charge in [-0.05, 0) is 47.9 Å². The Hall–Kier alpha value is -3.20. The molecule has 0 unspecified atom stereocenters. The second-order valence-corrected chi connectivity index (χ2v) is 7.91. The van der Waals surface area contributed by atoms with Gasteiger partial charge in [0, 0.05) is 25.5 Å². The quantitative estimate of drug-likeness (QED) is 0.714. The molecule has 3 aromatic rings. The highest BCUT2D eigenvalue weighted by molar-refractivity contribution is 7.92. The van der Waals surface area contributed by atoms with Gasteiger partial charge in [-0.3, -0.25) is 19.6 Å². The van der Waals surface area contributed by atoms with E-state index < -0.39 is 10.0 Å². The fourth-order valence-corrected chi connectivity index (χ4v) is 4.15. The predicted molar refractivity (Wildman–Crippen MR) is 98.5 cm³/mol. The second-order valence-electron chi connectivity index (χ2n) is 6.22. The number of benzene rings is 1. The van der Waals surface area contributed by atoms with Crippen molar-refractivity contribution in [1.29, 1.82) is 0 Å². The zero-order chi connectivity index (χ0) is 18.9. The Kier molecular flexibility index (Phi) is 4.36. The van der Waals surface area contributed by atoms with Crippen molar-refractivity contribution in [3.63, 3.8) is 0 Å². The number of hydrogen-bond acceptors (Lipinski definition) is 5. The highest BCUT2D eigenvalue weighted by Gasteiger charge is 2.24.